The van der Waals surface area contributed by atoms with Gasteiger partial charge < -0.3 is 10.2 Å². The molecule has 0 saturated carbocycles. The van der Waals surface area contributed by atoms with Crippen LogP contribution in [0.1, 0.15) is 11.3 Å². The second-order valence-corrected chi connectivity index (χ2v) is 6.09. The molecule has 0 bridgehead atoms. The summed E-state index contributed by atoms with van der Waals surface area (Å²) >= 11 is 1.74. The van der Waals surface area contributed by atoms with E-state index < -0.39 is 0 Å². The van der Waals surface area contributed by atoms with Crippen molar-refractivity contribution in [3.63, 3.8) is 0 Å². The average Bonchev–Trinajstić information content (AvgIpc) is 3.01. The molecule has 17 heavy (non-hydrogen) atoms. The zero-order valence-electron chi connectivity index (χ0n) is 9.89. The van der Waals surface area contributed by atoms with Gasteiger partial charge in [-0.15, -0.1) is 11.3 Å². The van der Waals surface area contributed by atoms with Crippen molar-refractivity contribution >= 4 is 17.2 Å². The number of nitrogens with one attached hydrogen (secondary N) is 1. The largest absolute Gasteiger partial charge is 0.342 e. The van der Waals surface area contributed by atoms with Crippen LogP contribution in [0.3, 0.4) is 0 Å². The Kier molecular flexibility index (Phi) is 3.16. The van der Waals surface area contributed by atoms with E-state index in [4.69, 9.17) is 0 Å². The Morgan fingerprint density at radius 3 is 2.82 bits per heavy atom. The third-order valence-corrected chi connectivity index (χ3v) is 4.84. The Hall–Kier alpha value is -0.870. The van der Waals surface area contributed by atoms with Gasteiger partial charge in [0.05, 0.1) is 0 Å². The SMILES string of the molecule is O=C(CCc1cccs1)N1C[C@H]2CNC[C@H]2C1. The maximum absolute atomic E-state index is 12.1. The van der Waals surface area contributed by atoms with Crippen molar-refractivity contribution in [2.75, 3.05) is 26.2 Å². The molecule has 1 aromatic heterocycles. The van der Waals surface area contributed by atoms with Crippen LogP contribution in [0.4, 0.5) is 0 Å². The van der Waals surface area contributed by atoms with E-state index in [1.807, 2.05) is 0 Å². The van der Waals surface area contributed by atoms with Crippen molar-refractivity contribution in [1.82, 2.24) is 10.2 Å². The minimum Gasteiger partial charge on any atom is -0.342 e. The van der Waals surface area contributed by atoms with Crippen LogP contribution in [0.5, 0.6) is 0 Å². The quantitative estimate of drug-likeness (QED) is 0.878. The van der Waals surface area contributed by atoms with Crippen LogP contribution in [0.25, 0.3) is 0 Å². The van der Waals surface area contributed by atoms with Crippen LogP contribution in [0.2, 0.25) is 0 Å². The van der Waals surface area contributed by atoms with Gasteiger partial charge in [-0.1, -0.05) is 6.07 Å². The molecular formula is C13H18N2OS. The number of hydrogen-bond donors (Lipinski definition) is 1. The van der Waals surface area contributed by atoms with Crippen molar-refractivity contribution in [2.45, 2.75) is 12.8 Å². The van der Waals surface area contributed by atoms with E-state index in [1.165, 1.54) is 4.88 Å². The summed E-state index contributed by atoms with van der Waals surface area (Å²) in [5.74, 6) is 1.76. The van der Waals surface area contributed by atoms with Crippen molar-refractivity contribution in [1.29, 1.82) is 0 Å². The minimum absolute atomic E-state index is 0.341. The summed E-state index contributed by atoms with van der Waals surface area (Å²) in [6.07, 6.45) is 1.58. The highest BCUT2D eigenvalue weighted by Crippen LogP contribution is 2.26. The van der Waals surface area contributed by atoms with Gasteiger partial charge in [-0.05, 0) is 29.7 Å². The Labute approximate surface area is 106 Å². The first-order valence-corrected chi connectivity index (χ1v) is 7.22. The predicted octanol–water partition coefficient (Wildman–Crippen LogP) is 1.36. The fourth-order valence-corrected chi connectivity index (χ4v) is 3.61. The molecule has 0 spiro atoms. The van der Waals surface area contributed by atoms with Crippen LogP contribution in [-0.4, -0.2) is 37.0 Å². The van der Waals surface area contributed by atoms with Gasteiger partial charge in [-0.3, -0.25) is 4.79 Å². The highest BCUT2D eigenvalue weighted by atomic mass is 32.1. The fourth-order valence-electron chi connectivity index (χ4n) is 2.90. The zero-order valence-corrected chi connectivity index (χ0v) is 10.7. The molecule has 3 heterocycles. The summed E-state index contributed by atoms with van der Waals surface area (Å²) in [7, 11) is 0. The monoisotopic (exact) mass is 250 g/mol. The van der Waals surface area contributed by atoms with Gasteiger partial charge in [0, 0.05) is 37.5 Å². The normalized spacial score (nSPS) is 27.4. The molecule has 92 valence electrons. The second-order valence-electron chi connectivity index (χ2n) is 5.06. The smallest absolute Gasteiger partial charge is 0.222 e. The van der Waals surface area contributed by atoms with Crippen LogP contribution >= 0.6 is 11.3 Å². The summed E-state index contributed by atoms with van der Waals surface area (Å²) in [4.78, 5) is 15.5. The molecule has 0 aromatic carbocycles. The van der Waals surface area contributed by atoms with E-state index in [-0.39, 0.29) is 0 Å². The van der Waals surface area contributed by atoms with Gasteiger partial charge in [0.25, 0.3) is 0 Å². The first kappa shape index (κ1) is 11.2. The molecule has 2 aliphatic heterocycles. The van der Waals surface area contributed by atoms with Gasteiger partial charge in [0.15, 0.2) is 0 Å². The van der Waals surface area contributed by atoms with Gasteiger partial charge in [-0.2, -0.15) is 0 Å². The summed E-state index contributed by atoms with van der Waals surface area (Å²) in [6, 6.07) is 4.16. The van der Waals surface area contributed by atoms with E-state index >= 15 is 0 Å². The number of rotatable bonds is 3. The lowest BCUT2D eigenvalue weighted by atomic mass is 10.0. The number of hydrogen-bond acceptors (Lipinski definition) is 3. The Balaban J connectivity index is 1.50. The molecule has 0 aliphatic carbocycles. The third-order valence-electron chi connectivity index (χ3n) is 3.91. The molecule has 3 nitrogen and oxygen atoms in total. The van der Waals surface area contributed by atoms with Gasteiger partial charge in [-0.25, -0.2) is 0 Å². The fraction of sp³-hybridized carbons (Fsp3) is 0.615. The lowest BCUT2D eigenvalue weighted by Crippen LogP contribution is -2.31. The predicted molar refractivity (Wildman–Crippen MR) is 69.1 cm³/mol. The first-order chi connectivity index (χ1) is 8.33. The molecule has 2 saturated heterocycles. The maximum atomic E-state index is 12.1. The highest BCUT2D eigenvalue weighted by Gasteiger charge is 2.37. The maximum Gasteiger partial charge on any atom is 0.222 e. The van der Waals surface area contributed by atoms with Gasteiger partial charge >= 0.3 is 0 Å². The van der Waals surface area contributed by atoms with E-state index in [0.29, 0.717) is 24.2 Å². The number of fused-ring (bicyclic) bond motifs is 1. The molecule has 0 radical (unpaired) electrons. The number of amides is 1. The molecule has 2 atom stereocenters. The summed E-state index contributed by atoms with van der Waals surface area (Å²) in [5.41, 5.74) is 0. The summed E-state index contributed by atoms with van der Waals surface area (Å²) < 4.78 is 0. The molecule has 2 fully saturated rings. The standard InChI is InChI=1S/C13H18N2OS/c16-13(4-3-12-2-1-5-17-12)15-8-10-6-14-7-11(10)9-15/h1-2,5,10-11,14H,3-4,6-9H2/t10-,11+. The van der Waals surface area contributed by atoms with Crippen LogP contribution in [0, 0.1) is 11.8 Å². The molecule has 1 aromatic rings. The van der Waals surface area contributed by atoms with Crippen molar-refractivity contribution in [3.05, 3.63) is 22.4 Å². The lowest BCUT2D eigenvalue weighted by molar-refractivity contribution is -0.130. The minimum atomic E-state index is 0.341. The van der Waals surface area contributed by atoms with Crippen molar-refractivity contribution < 1.29 is 4.79 Å². The van der Waals surface area contributed by atoms with Crippen LogP contribution in [-0.2, 0) is 11.2 Å². The van der Waals surface area contributed by atoms with Gasteiger partial charge in [0.2, 0.25) is 5.91 Å². The Morgan fingerprint density at radius 1 is 1.41 bits per heavy atom. The van der Waals surface area contributed by atoms with E-state index in [0.717, 1.165) is 32.6 Å². The molecule has 0 unspecified atom stereocenters. The number of carbonyl (C=O) groups is 1. The van der Waals surface area contributed by atoms with Gasteiger partial charge in [0.1, 0.15) is 0 Å². The number of carbonyl (C=O) groups excluding carboxylic acids is 1. The molecule has 4 heteroatoms. The number of aryl methyl sites for hydroxylation is 1. The molecule has 1 amide bonds. The van der Waals surface area contributed by atoms with E-state index in [2.05, 4.69) is 27.7 Å². The van der Waals surface area contributed by atoms with E-state index in [1.54, 1.807) is 11.3 Å². The number of nitrogens with zero attached hydrogens (tertiary/aromatic N) is 1. The van der Waals surface area contributed by atoms with E-state index in [9.17, 15) is 4.79 Å². The highest BCUT2D eigenvalue weighted by molar-refractivity contribution is 7.09. The first-order valence-electron chi connectivity index (χ1n) is 6.34. The Morgan fingerprint density at radius 2 is 2.18 bits per heavy atom. The summed E-state index contributed by atoms with van der Waals surface area (Å²) in [6.45, 7) is 4.14. The average molecular weight is 250 g/mol. The molecule has 3 rings (SSSR count). The van der Waals surface area contributed by atoms with Crippen LogP contribution < -0.4 is 5.32 Å². The summed E-state index contributed by atoms with van der Waals surface area (Å²) in [5, 5.41) is 5.48. The number of likely N-dealkylation sites (tertiary alicyclic amines) is 1. The molecule has 2 aliphatic rings. The molecular weight excluding hydrogens is 232 g/mol. The zero-order chi connectivity index (χ0) is 11.7. The Bertz CT molecular complexity index is 378. The van der Waals surface area contributed by atoms with Crippen molar-refractivity contribution in [2.24, 2.45) is 11.8 Å². The van der Waals surface area contributed by atoms with Crippen LogP contribution in [0.15, 0.2) is 17.5 Å². The van der Waals surface area contributed by atoms with Crippen molar-refractivity contribution in [3.8, 4) is 0 Å². The molecule has 1 N–H and O–H groups in total. The second kappa shape index (κ2) is 4.78. The topological polar surface area (TPSA) is 32.3 Å². The number of thiophene rings is 1. The lowest BCUT2D eigenvalue weighted by Gasteiger charge is -2.17. The third kappa shape index (κ3) is 2.38.